The van der Waals surface area contributed by atoms with Gasteiger partial charge >= 0.3 is 15.6 Å². The van der Waals surface area contributed by atoms with E-state index in [-0.39, 0.29) is 52.2 Å². The van der Waals surface area contributed by atoms with E-state index in [9.17, 15) is 0 Å². The van der Waals surface area contributed by atoms with Crippen molar-refractivity contribution < 1.29 is 55.2 Å². The van der Waals surface area contributed by atoms with Crippen LogP contribution in [0, 0.1) is 5.92 Å². The highest BCUT2D eigenvalue weighted by molar-refractivity contribution is 7.48. The highest BCUT2D eigenvalue weighted by Gasteiger charge is 2.55. The Balaban J connectivity index is 1.22. The van der Waals surface area contributed by atoms with Crippen LogP contribution in [-0.4, -0.2) is 43.9 Å². The molecule has 1 aliphatic rings. The summed E-state index contributed by atoms with van der Waals surface area (Å²) in [5, 5.41) is 0. The van der Waals surface area contributed by atoms with Crippen molar-refractivity contribution in [2.24, 2.45) is 5.92 Å². The predicted octanol–water partition coefficient (Wildman–Crippen LogP) is 22.2. The molecule has 0 aliphatic carbocycles. The first-order valence-corrected chi connectivity index (χ1v) is 38.1. The van der Waals surface area contributed by atoms with Gasteiger partial charge in [-0.1, -0.05) is 350 Å². The van der Waals surface area contributed by atoms with Crippen LogP contribution < -0.4 is 0 Å². The van der Waals surface area contributed by atoms with Gasteiger partial charge in [0.25, 0.3) is 0 Å². The number of phosphoric ester groups is 2. The number of hydrogen-bond acceptors (Lipinski definition) is 12. The number of phosphoric acid groups is 2. The van der Waals surface area contributed by atoms with E-state index in [1.54, 1.807) is 0 Å². The van der Waals surface area contributed by atoms with Gasteiger partial charge in [0.05, 0.1) is 52.9 Å². The Kier molecular flexibility index (Phi) is 37.1. The van der Waals surface area contributed by atoms with E-state index in [1.165, 1.54) is 141 Å². The second-order valence-corrected chi connectivity index (χ2v) is 28.2. The molecule has 6 aromatic carbocycles. The molecule has 0 radical (unpaired) electrons. The average molecular weight is 1300 g/mol. The van der Waals surface area contributed by atoms with Gasteiger partial charge in [0.2, 0.25) is 0 Å². The lowest BCUT2D eigenvalue weighted by Gasteiger charge is -2.46. The lowest BCUT2D eigenvalue weighted by Crippen LogP contribution is -2.61. The summed E-state index contributed by atoms with van der Waals surface area (Å²) in [6.45, 7) is 4.60. The standard InChI is InChI=1S/C78H110O12P2/c1-3-5-7-9-11-13-15-17-19-21-23-31-47-69(48-32-24-22-20-18-16-14-12-10-8-6-4-2)61-83-78-77(82-60-68-49-35-26-36-50-68)76(90-92(80,86-64-72-55-41-29-42-56-72)87-65-73-57-43-30-44-58-73)75(74(88-78)66-81-59-67-45-33-25-34-46-67)89-91(79,84-62-70-51-37-27-38-52-70)85-63-71-53-39-28-40-54-71/h25-30,33-46,49-58,69,74-78H,3-24,31-32,47-48,59-66H2,1-2H3/t74-,75+,76+,77-,78-/m1/s1. The van der Waals surface area contributed by atoms with Crippen LogP contribution in [0.15, 0.2) is 182 Å². The molecule has 1 saturated heterocycles. The third-order valence-electron chi connectivity index (χ3n) is 17.1. The molecule has 0 bridgehead atoms. The van der Waals surface area contributed by atoms with Gasteiger partial charge in [0.1, 0.15) is 24.4 Å². The smallest absolute Gasteiger partial charge is 0.374 e. The van der Waals surface area contributed by atoms with Gasteiger partial charge in [0, 0.05) is 0 Å². The molecule has 0 aromatic heterocycles. The first-order chi connectivity index (χ1) is 45.3. The summed E-state index contributed by atoms with van der Waals surface area (Å²) in [6, 6.07) is 57.4. The third-order valence-corrected chi connectivity index (χ3v) is 19.9. The second-order valence-electron chi connectivity index (χ2n) is 24.9. The zero-order valence-electron chi connectivity index (χ0n) is 55.6. The van der Waals surface area contributed by atoms with Crippen LogP contribution in [-0.2, 0) is 94.9 Å². The first kappa shape index (κ1) is 74.8. The molecule has 6 aromatic rings. The minimum atomic E-state index is -4.70. The number of ether oxygens (including phenoxy) is 4. The van der Waals surface area contributed by atoms with Crippen LogP contribution in [0.4, 0.5) is 0 Å². The van der Waals surface area contributed by atoms with Crippen molar-refractivity contribution in [3.05, 3.63) is 215 Å². The predicted molar refractivity (Wildman–Crippen MR) is 370 cm³/mol. The molecular formula is C78H110O12P2. The first-order valence-electron chi connectivity index (χ1n) is 35.2. The van der Waals surface area contributed by atoms with Crippen molar-refractivity contribution in [1.82, 2.24) is 0 Å². The summed E-state index contributed by atoms with van der Waals surface area (Å²) in [4.78, 5) is 0. The van der Waals surface area contributed by atoms with Crippen LogP contribution in [0.1, 0.15) is 214 Å². The molecule has 1 fully saturated rings. The summed E-state index contributed by atoms with van der Waals surface area (Å²) >= 11 is 0. The molecule has 0 saturated carbocycles. The SMILES string of the molecule is CCCCCCCCCCCCCCC(CCCCCCCCCCCCCC)CO[C@@H]1O[C@H](COCc2ccccc2)[C@H](OP(=O)(OCc2ccccc2)OCc2ccccc2)[C@H](OP(=O)(OCc2ccccc2)OCc2ccccc2)[C@H]1OCc1ccccc1. The summed E-state index contributed by atoms with van der Waals surface area (Å²) < 4.78 is 99.6. The maximum absolute atomic E-state index is 16.0. The summed E-state index contributed by atoms with van der Waals surface area (Å²) in [6.07, 6.45) is 26.5. The van der Waals surface area contributed by atoms with E-state index in [1.807, 2.05) is 182 Å². The van der Waals surface area contributed by atoms with Crippen LogP contribution in [0.5, 0.6) is 0 Å². The van der Waals surface area contributed by atoms with Gasteiger partial charge in [0.15, 0.2) is 6.29 Å². The molecule has 0 unspecified atom stereocenters. The summed E-state index contributed by atoms with van der Waals surface area (Å²) in [5.74, 6) is 0.216. The summed E-state index contributed by atoms with van der Waals surface area (Å²) in [7, 11) is -9.38. The lowest BCUT2D eigenvalue weighted by molar-refractivity contribution is -0.311. The molecule has 7 rings (SSSR count). The Morgan fingerprint density at radius 2 is 0.630 bits per heavy atom. The van der Waals surface area contributed by atoms with Gasteiger partial charge < -0.3 is 18.9 Å². The zero-order chi connectivity index (χ0) is 64.3. The zero-order valence-corrected chi connectivity index (χ0v) is 57.4. The minimum Gasteiger partial charge on any atom is -0.374 e. The fourth-order valence-electron chi connectivity index (χ4n) is 11.7. The van der Waals surface area contributed by atoms with E-state index in [0.717, 1.165) is 59.1 Å². The molecular weight excluding hydrogens is 1190 g/mol. The normalized spacial score (nSPS) is 17.0. The van der Waals surface area contributed by atoms with Crippen LogP contribution in [0.3, 0.4) is 0 Å². The fourth-order valence-corrected chi connectivity index (χ4v) is 14.4. The Labute approximate surface area is 553 Å². The Morgan fingerprint density at radius 3 is 0.967 bits per heavy atom. The lowest BCUT2D eigenvalue weighted by atomic mass is 9.94. The fraction of sp³-hybridized carbons (Fsp3) is 0.538. The number of benzene rings is 6. The van der Waals surface area contributed by atoms with Crippen LogP contribution in [0.2, 0.25) is 0 Å². The maximum Gasteiger partial charge on any atom is 0.475 e. The second kappa shape index (κ2) is 45.7. The van der Waals surface area contributed by atoms with Gasteiger partial charge in [-0.05, 0) is 52.1 Å². The van der Waals surface area contributed by atoms with Crippen molar-refractivity contribution in [2.45, 2.75) is 251 Å². The van der Waals surface area contributed by atoms with Crippen molar-refractivity contribution in [2.75, 3.05) is 13.2 Å². The van der Waals surface area contributed by atoms with Crippen molar-refractivity contribution >= 4 is 15.6 Å². The topological polar surface area (TPSA) is 126 Å². The number of rotatable bonds is 52. The Bertz CT molecular complexity index is 2720. The molecule has 92 heavy (non-hydrogen) atoms. The molecule has 0 spiro atoms. The molecule has 0 amide bonds. The monoisotopic (exact) mass is 1300 g/mol. The van der Waals surface area contributed by atoms with Gasteiger partial charge in [-0.25, -0.2) is 9.13 Å². The van der Waals surface area contributed by atoms with Gasteiger partial charge in [-0.2, -0.15) is 0 Å². The largest absolute Gasteiger partial charge is 0.475 e. The Morgan fingerprint density at radius 1 is 0.337 bits per heavy atom. The highest BCUT2D eigenvalue weighted by Crippen LogP contribution is 2.58. The molecule has 504 valence electrons. The molecule has 1 heterocycles. The van der Waals surface area contributed by atoms with Crippen molar-refractivity contribution in [1.29, 1.82) is 0 Å². The summed E-state index contributed by atoms with van der Waals surface area (Å²) in [5.41, 5.74) is 4.75. The van der Waals surface area contributed by atoms with E-state index >= 15 is 9.13 Å². The maximum atomic E-state index is 16.0. The quantitative estimate of drug-likeness (QED) is 0.0266. The van der Waals surface area contributed by atoms with Crippen molar-refractivity contribution in [3.8, 4) is 0 Å². The van der Waals surface area contributed by atoms with Crippen LogP contribution in [0.25, 0.3) is 0 Å². The molecule has 0 N–H and O–H groups in total. The Hall–Kier alpha value is -4.62. The molecule has 5 atom stereocenters. The molecule has 12 nitrogen and oxygen atoms in total. The molecule has 14 heteroatoms. The highest BCUT2D eigenvalue weighted by atomic mass is 31.2. The average Bonchev–Trinajstić information content (AvgIpc) is 0.848. The van der Waals surface area contributed by atoms with E-state index in [0.29, 0.717) is 6.61 Å². The van der Waals surface area contributed by atoms with Crippen molar-refractivity contribution in [3.63, 3.8) is 0 Å². The number of unbranched alkanes of at least 4 members (excludes halogenated alkanes) is 22. The van der Waals surface area contributed by atoms with Crippen LogP contribution >= 0.6 is 15.6 Å². The third kappa shape index (κ3) is 30.4. The molecule has 1 aliphatic heterocycles. The van der Waals surface area contributed by atoms with E-state index in [2.05, 4.69) is 13.8 Å². The van der Waals surface area contributed by atoms with Gasteiger partial charge in [-0.3, -0.25) is 27.1 Å². The number of hydrogen-bond donors (Lipinski definition) is 0. The minimum absolute atomic E-state index is 0.0738. The van der Waals surface area contributed by atoms with E-state index < -0.39 is 46.4 Å². The van der Waals surface area contributed by atoms with Gasteiger partial charge in [-0.15, -0.1) is 0 Å². The van der Waals surface area contributed by atoms with E-state index in [4.69, 9.17) is 46.1 Å².